The van der Waals surface area contributed by atoms with Gasteiger partial charge in [-0.1, -0.05) is 6.92 Å². The molecule has 112 valence electrons. The van der Waals surface area contributed by atoms with E-state index in [4.69, 9.17) is 0 Å². The van der Waals surface area contributed by atoms with E-state index >= 15 is 0 Å². The van der Waals surface area contributed by atoms with Crippen LogP contribution in [0.1, 0.15) is 32.6 Å². The molecule has 0 radical (unpaired) electrons. The van der Waals surface area contributed by atoms with Gasteiger partial charge in [-0.3, -0.25) is 4.79 Å². The fraction of sp³-hybridized carbons (Fsp3) is 0.583. The first-order chi connectivity index (χ1) is 9.27. The van der Waals surface area contributed by atoms with Crippen LogP contribution in [0.2, 0.25) is 0 Å². The van der Waals surface area contributed by atoms with Gasteiger partial charge in [-0.05, 0) is 59.0 Å². The highest BCUT2D eigenvalue weighted by atomic mass is 79.9. The van der Waals surface area contributed by atoms with Crippen LogP contribution in [0.25, 0.3) is 0 Å². The van der Waals surface area contributed by atoms with Crippen molar-refractivity contribution in [1.29, 1.82) is 0 Å². The van der Waals surface area contributed by atoms with Gasteiger partial charge >= 0.3 is 5.97 Å². The Morgan fingerprint density at radius 1 is 1.50 bits per heavy atom. The van der Waals surface area contributed by atoms with Crippen LogP contribution >= 0.6 is 27.3 Å². The van der Waals surface area contributed by atoms with Crippen LogP contribution in [0.3, 0.4) is 0 Å². The van der Waals surface area contributed by atoms with Gasteiger partial charge in [0.05, 0.1) is 0 Å². The van der Waals surface area contributed by atoms with Crippen molar-refractivity contribution in [3.63, 3.8) is 0 Å². The van der Waals surface area contributed by atoms with Crippen molar-refractivity contribution >= 4 is 43.3 Å². The molecule has 20 heavy (non-hydrogen) atoms. The summed E-state index contributed by atoms with van der Waals surface area (Å²) in [6.45, 7) is 2.05. The van der Waals surface area contributed by atoms with Gasteiger partial charge < -0.3 is 5.11 Å². The quantitative estimate of drug-likeness (QED) is 0.839. The molecular weight excluding hydrogens is 366 g/mol. The summed E-state index contributed by atoms with van der Waals surface area (Å²) in [6, 6.07) is 1.63. The summed E-state index contributed by atoms with van der Waals surface area (Å²) in [5.41, 5.74) is -1.38. The predicted octanol–water partition coefficient (Wildman–Crippen LogP) is 2.82. The van der Waals surface area contributed by atoms with E-state index in [0.717, 1.165) is 11.3 Å². The van der Waals surface area contributed by atoms with E-state index in [1.54, 1.807) is 11.4 Å². The predicted molar refractivity (Wildman–Crippen MR) is 80.3 cm³/mol. The smallest absolute Gasteiger partial charge is 0.324 e. The molecule has 1 aromatic heterocycles. The average Bonchev–Trinajstić information content (AvgIpc) is 2.79. The van der Waals surface area contributed by atoms with E-state index in [1.807, 2.05) is 0 Å². The van der Waals surface area contributed by atoms with Gasteiger partial charge in [-0.15, -0.1) is 11.3 Å². The second-order valence-corrected chi connectivity index (χ2v) is 8.88. The van der Waals surface area contributed by atoms with E-state index in [1.165, 1.54) is 0 Å². The second-order valence-electron chi connectivity index (χ2n) is 5.23. The Morgan fingerprint density at radius 2 is 2.10 bits per heavy atom. The molecule has 0 atom stereocenters. The fourth-order valence-corrected chi connectivity index (χ4v) is 6.15. The first kappa shape index (κ1) is 15.9. The molecule has 1 aliphatic rings. The SMILES string of the molecule is CC1CCC(NS(=O)(=O)c2sccc2Br)(C(=O)O)CC1. The summed E-state index contributed by atoms with van der Waals surface area (Å²) < 4.78 is 27.8. The second kappa shape index (κ2) is 5.75. The Kier molecular flexibility index (Phi) is 4.58. The average molecular weight is 382 g/mol. The Hall–Kier alpha value is -0.440. The van der Waals surface area contributed by atoms with Crippen LogP contribution in [-0.4, -0.2) is 25.0 Å². The number of hydrogen-bond donors (Lipinski definition) is 2. The lowest BCUT2D eigenvalue weighted by Gasteiger charge is -2.35. The number of rotatable bonds is 4. The lowest BCUT2D eigenvalue weighted by molar-refractivity contribution is -0.145. The zero-order valence-electron chi connectivity index (χ0n) is 10.9. The maximum atomic E-state index is 12.4. The standard InChI is InChI=1S/C12H16BrNO4S2/c1-8-2-5-12(6-3-8,11(15)16)14-20(17,18)10-9(13)4-7-19-10/h4,7-8,14H,2-3,5-6H2,1H3,(H,15,16). The lowest BCUT2D eigenvalue weighted by Crippen LogP contribution is -2.56. The van der Waals surface area contributed by atoms with Crippen LogP contribution in [0, 0.1) is 5.92 Å². The number of carboxylic acids is 1. The molecule has 1 aliphatic carbocycles. The van der Waals surface area contributed by atoms with Gasteiger partial charge in [-0.25, -0.2) is 8.42 Å². The Bertz CT molecular complexity index is 603. The summed E-state index contributed by atoms with van der Waals surface area (Å²) in [6.07, 6.45) is 2.07. The van der Waals surface area contributed by atoms with Crippen LogP contribution in [0.4, 0.5) is 0 Å². The van der Waals surface area contributed by atoms with E-state index in [2.05, 4.69) is 27.6 Å². The molecular formula is C12H16BrNO4S2. The Balaban J connectivity index is 2.30. The molecule has 1 aromatic rings. The third-order valence-corrected chi connectivity index (χ3v) is 7.90. The van der Waals surface area contributed by atoms with Crippen LogP contribution < -0.4 is 4.72 Å². The molecule has 0 bridgehead atoms. The lowest BCUT2D eigenvalue weighted by atomic mass is 9.78. The normalized spacial score (nSPS) is 27.4. The highest BCUT2D eigenvalue weighted by Crippen LogP contribution is 2.35. The highest BCUT2D eigenvalue weighted by Gasteiger charge is 2.45. The first-order valence-electron chi connectivity index (χ1n) is 6.27. The summed E-state index contributed by atoms with van der Waals surface area (Å²) in [5.74, 6) is -0.666. The molecule has 2 rings (SSSR count). The van der Waals surface area contributed by atoms with Gasteiger partial charge in [-0.2, -0.15) is 4.72 Å². The number of nitrogens with one attached hydrogen (secondary N) is 1. The highest BCUT2D eigenvalue weighted by molar-refractivity contribution is 9.10. The van der Waals surface area contributed by atoms with Gasteiger partial charge in [0, 0.05) is 4.47 Å². The van der Waals surface area contributed by atoms with Gasteiger partial charge in [0.15, 0.2) is 0 Å². The molecule has 1 saturated carbocycles. The minimum atomic E-state index is -3.83. The molecule has 0 saturated heterocycles. The molecule has 0 aromatic carbocycles. The molecule has 0 spiro atoms. The fourth-order valence-electron chi connectivity index (χ4n) is 2.39. The topological polar surface area (TPSA) is 83.5 Å². The van der Waals surface area contributed by atoms with Crippen molar-refractivity contribution in [3.8, 4) is 0 Å². The van der Waals surface area contributed by atoms with E-state index < -0.39 is 21.5 Å². The number of thiophene rings is 1. The molecule has 0 unspecified atom stereocenters. The van der Waals surface area contributed by atoms with Crippen LogP contribution in [0.15, 0.2) is 20.1 Å². The number of sulfonamides is 1. The number of hydrogen-bond acceptors (Lipinski definition) is 4. The minimum Gasteiger partial charge on any atom is -0.480 e. The van der Waals surface area contributed by atoms with E-state index in [-0.39, 0.29) is 4.21 Å². The maximum absolute atomic E-state index is 12.4. The van der Waals surface area contributed by atoms with Crippen molar-refractivity contribution < 1.29 is 18.3 Å². The summed E-state index contributed by atoms with van der Waals surface area (Å²) >= 11 is 4.24. The monoisotopic (exact) mass is 381 g/mol. The third kappa shape index (κ3) is 3.08. The number of carboxylic acid groups (broad SMARTS) is 1. The number of carbonyl (C=O) groups is 1. The largest absolute Gasteiger partial charge is 0.480 e. The van der Waals surface area contributed by atoms with Crippen molar-refractivity contribution in [1.82, 2.24) is 4.72 Å². The molecule has 1 heterocycles. The summed E-state index contributed by atoms with van der Waals surface area (Å²) in [7, 11) is -3.83. The van der Waals surface area contributed by atoms with Crippen LogP contribution in [0.5, 0.6) is 0 Å². The third-order valence-electron chi connectivity index (χ3n) is 3.70. The molecule has 8 heteroatoms. The van der Waals surface area contributed by atoms with E-state index in [9.17, 15) is 18.3 Å². The summed E-state index contributed by atoms with van der Waals surface area (Å²) in [5, 5.41) is 11.1. The Labute approximate surface area is 130 Å². The van der Waals surface area contributed by atoms with Crippen LogP contribution in [-0.2, 0) is 14.8 Å². The molecule has 1 fully saturated rings. The zero-order valence-corrected chi connectivity index (χ0v) is 14.1. The first-order valence-corrected chi connectivity index (χ1v) is 9.43. The van der Waals surface area contributed by atoms with Gasteiger partial charge in [0.1, 0.15) is 9.75 Å². The zero-order chi connectivity index (χ0) is 15.0. The molecule has 2 N–H and O–H groups in total. The van der Waals surface area contributed by atoms with Crippen molar-refractivity contribution in [2.24, 2.45) is 5.92 Å². The molecule has 0 amide bonds. The summed E-state index contributed by atoms with van der Waals surface area (Å²) in [4.78, 5) is 11.6. The van der Waals surface area contributed by atoms with E-state index in [0.29, 0.717) is 36.1 Å². The Morgan fingerprint density at radius 3 is 2.55 bits per heavy atom. The maximum Gasteiger partial charge on any atom is 0.324 e. The number of aliphatic carboxylic acids is 1. The number of halogens is 1. The van der Waals surface area contributed by atoms with Crippen molar-refractivity contribution in [2.75, 3.05) is 0 Å². The molecule has 0 aliphatic heterocycles. The molecule has 5 nitrogen and oxygen atoms in total. The van der Waals surface area contributed by atoms with Crippen molar-refractivity contribution in [3.05, 3.63) is 15.9 Å². The van der Waals surface area contributed by atoms with Gasteiger partial charge in [0.25, 0.3) is 10.0 Å². The minimum absolute atomic E-state index is 0.122. The van der Waals surface area contributed by atoms with Gasteiger partial charge in [0.2, 0.25) is 0 Å². The van der Waals surface area contributed by atoms with Crippen molar-refractivity contribution in [2.45, 2.75) is 42.4 Å².